The summed E-state index contributed by atoms with van der Waals surface area (Å²) >= 11 is 11.6. The molecular formula is C25H48BrCl2N4O+. The lowest BCUT2D eigenvalue weighted by Crippen LogP contribution is -2.45. The van der Waals surface area contributed by atoms with Gasteiger partial charge in [0.25, 0.3) is 0 Å². The van der Waals surface area contributed by atoms with Gasteiger partial charge in [-0.2, -0.15) is 15.0 Å². The van der Waals surface area contributed by atoms with E-state index in [1.807, 2.05) is 0 Å². The maximum atomic E-state index is 5.79. The topological polar surface area (TPSA) is 47.9 Å². The van der Waals surface area contributed by atoms with E-state index in [1.165, 1.54) is 89.9 Å². The highest BCUT2D eigenvalue weighted by molar-refractivity contribution is 8.93. The van der Waals surface area contributed by atoms with Crippen molar-refractivity contribution in [3.8, 4) is 6.01 Å². The zero-order valence-corrected chi connectivity index (χ0v) is 24.7. The highest BCUT2D eigenvalue weighted by Gasteiger charge is 2.19. The Bertz CT molecular complexity index is 588. The Labute approximate surface area is 223 Å². The zero-order valence-electron chi connectivity index (χ0n) is 21.5. The molecule has 194 valence electrons. The summed E-state index contributed by atoms with van der Waals surface area (Å²) in [5, 5.41) is 0.111. The Morgan fingerprint density at radius 1 is 0.758 bits per heavy atom. The van der Waals surface area contributed by atoms with Gasteiger partial charge < -0.3 is 9.22 Å². The molecule has 1 heterocycles. The molecule has 0 spiro atoms. The molecule has 0 aromatic carbocycles. The van der Waals surface area contributed by atoms with E-state index < -0.39 is 0 Å². The van der Waals surface area contributed by atoms with Gasteiger partial charge in [-0.1, -0.05) is 97.3 Å². The Morgan fingerprint density at radius 3 is 1.70 bits per heavy atom. The van der Waals surface area contributed by atoms with Crippen LogP contribution in [0, 0.1) is 5.92 Å². The van der Waals surface area contributed by atoms with Gasteiger partial charge in [0.05, 0.1) is 20.6 Å². The fraction of sp³-hybridized carbons (Fsp3) is 0.880. The molecule has 0 saturated heterocycles. The van der Waals surface area contributed by atoms with Crippen molar-refractivity contribution in [3.63, 3.8) is 0 Å². The van der Waals surface area contributed by atoms with E-state index in [4.69, 9.17) is 27.9 Å². The first-order valence-corrected chi connectivity index (χ1v) is 13.6. The minimum atomic E-state index is 0. The van der Waals surface area contributed by atoms with Crippen LogP contribution in [0.25, 0.3) is 0 Å². The van der Waals surface area contributed by atoms with Crippen LogP contribution in [0.4, 0.5) is 0 Å². The Hall–Kier alpha value is -0.170. The average Bonchev–Trinajstić information content (AvgIpc) is 2.70. The summed E-state index contributed by atoms with van der Waals surface area (Å²) in [4.78, 5) is 11.6. The van der Waals surface area contributed by atoms with Crippen molar-refractivity contribution < 1.29 is 9.22 Å². The minimum Gasteiger partial charge on any atom is -0.457 e. The van der Waals surface area contributed by atoms with Crippen LogP contribution in [0.2, 0.25) is 10.6 Å². The molecule has 0 aliphatic heterocycles. The van der Waals surface area contributed by atoms with E-state index >= 15 is 0 Å². The van der Waals surface area contributed by atoms with E-state index in [2.05, 4.69) is 42.9 Å². The maximum absolute atomic E-state index is 5.79. The quantitative estimate of drug-likeness (QED) is 0.117. The fourth-order valence-electron chi connectivity index (χ4n) is 4.29. The first-order valence-electron chi connectivity index (χ1n) is 12.8. The molecule has 1 atom stereocenters. The summed E-state index contributed by atoms with van der Waals surface area (Å²) in [6, 6.07) is 0.190. The van der Waals surface area contributed by atoms with Gasteiger partial charge in [0, 0.05) is 5.92 Å². The van der Waals surface area contributed by atoms with Crippen LogP contribution in [0.5, 0.6) is 6.01 Å². The number of likely N-dealkylation sites (N-methyl/N-ethyl adjacent to an activating group) is 1. The van der Waals surface area contributed by atoms with Gasteiger partial charge in [-0.05, 0) is 29.6 Å². The second-order valence-corrected chi connectivity index (χ2v) is 10.7. The molecule has 8 heteroatoms. The van der Waals surface area contributed by atoms with E-state index in [9.17, 15) is 0 Å². The smallest absolute Gasteiger partial charge is 0.322 e. The minimum absolute atomic E-state index is 0. The molecule has 0 bridgehead atoms. The number of nitrogens with zero attached hydrogens (tertiary/aromatic N) is 4. The first-order chi connectivity index (χ1) is 15.3. The van der Waals surface area contributed by atoms with Crippen LogP contribution in [0.1, 0.15) is 104 Å². The second-order valence-electron chi connectivity index (χ2n) is 9.98. The van der Waals surface area contributed by atoms with Gasteiger partial charge in [0.2, 0.25) is 10.6 Å². The number of hydrogen-bond donors (Lipinski definition) is 0. The third-order valence-corrected chi connectivity index (χ3v) is 6.43. The summed E-state index contributed by atoms with van der Waals surface area (Å²) in [6.07, 6.45) is 19.6. The van der Waals surface area contributed by atoms with Crippen LogP contribution >= 0.6 is 40.2 Å². The lowest BCUT2D eigenvalue weighted by Gasteiger charge is -2.32. The molecule has 1 aromatic rings. The van der Waals surface area contributed by atoms with E-state index in [0.29, 0.717) is 12.5 Å². The van der Waals surface area contributed by atoms with Gasteiger partial charge in [-0.25, -0.2) is 0 Å². The van der Waals surface area contributed by atoms with Gasteiger partial charge >= 0.3 is 6.01 Å². The van der Waals surface area contributed by atoms with Crippen molar-refractivity contribution in [2.75, 3.05) is 33.8 Å². The lowest BCUT2D eigenvalue weighted by atomic mass is 10.00. The molecule has 0 aliphatic rings. The molecule has 1 rings (SSSR count). The second kappa shape index (κ2) is 20.1. The molecule has 0 N–H and O–H groups in total. The van der Waals surface area contributed by atoms with Gasteiger partial charge in [-0.3, -0.25) is 0 Å². The standard InChI is InChI=1S/C25H47Cl2N4O.BrH/c1-5-6-7-8-9-10-11-12-13-14-15-16-17-18-22(2)21-31(3,4)19-20-32-25-29-23(26)28-24(27)30-25;/h22H,5-21H2,1-4H3;1H/q+1;. The molecule has 0 fully saturated rings. The third kappa shape index (κ3) is 18.8. The number of quaternary nitrogens is 1. The van der Waals surface area contributed by atoms with Crippen LogP contribution < -0.4 is 4.74 Å². The fourth-order valence-corrected chi connectivity index (χ4v) is 4.64. The number of rotatable bonds is 20. The molecule has 0 saturated carbocycles. The number of halogens is 3. The normalized spacial score (nSPS) is 12.4. The van der Waals surface area contributed by atoms with E-state index in [1.54, 1.807) is 0 Å². The maximum Gasteiger partial charge on any atom is 0.322 e. The van der Waals surface area contributed by atoms with Crippen molar-refractivity contribution >= 4 is 40.2 Å². The molecule has 33 heavy (non-hydrogen) atoms. The Morgan fingerprint density at radius 2 is 1.21 bits per heavy atom. The molecular weight excluding hydrogens is 523 g/mol. The third-order valence-electron chi connectivity index (χ3n) is 6.09. The van der Waals surface area contributed by atoms with Crippen molar-refractivity contribution in [1.29, 1.82) is 0 Å². The number of ether oxygens (including phenoxy) is 1. The van der Waals surface area contributed by atoms with Crippen molar-refractivity contribution in [2.24, 2.45) is 5.92 Å². The van der Waals surface area contributed by atoms with Crippen LogP contribution in [-0.2, 0) is 0 Å². The van der Waals surface area contributed by atoms with Crippen molar-refractivity contribution in [3.05, 3.63) is 10.6 Å². The average molecular weight is 571 g/mol. The summed E-state index contributed by atoms with van der Waals surface area (Å²) < 4.78 is 6.53. The SMILES string of the molecule is Br.CCCCCCCCCCCCCCCC(C)C[N+](C)(C)CCOc1nc(Cl)nc(Cl)n1. The number of aromatic nitrogens is 3. The van der Waals surface area contributed by atoms with Crippen LogP contribution in [-0.4, -0.2) is 53.2 Å². The predicted molar refractivity (Wildman–Crippen MR) is 147 cm³/mol. The van der Waals surface area contributed by atoms with Crippen molar-refractivity contribution in [2.45, 2.75) is 104 Å². The first kappa shape index (κ1) is 32.8. The highest BCUT2D eigenvalue weighted by Crippen LogP contribution is 2.17. The molecule has 1 unspecified atom stereocenters. The van der Waals surface area contributed by atoms with Gasteiger partial charge in [0.15, 0.2) is 0 Å². The summed E-state index contributed by atoms with van der Waals surface area (Å²) in [7, 11) is 4.49. The summed E-state index contributed by atoms with van der Waals surface area (Å²) in [6.45, 7) is 7.19. The van der Waals surface area contributed by atoms with E-state index in [-0.39, 0.29) is 33.6 Å². The molecule has 0 radical (unpaired) electrons. The molecule has 5 nitrogen and oxygen atoms in total. The van der Waals surface area contributed by atoms with Crippen LogP contribution in [0.3, 0.4) is 0 Å². The number of unbranched alkanes of at least 4 members (excludes halogenated alkanes) is 12. The van der Waals surface area contributed by atoms with Crippen LogP contribution in [0.15, 0.2) is 0 Å². The van der Waals surface area contributed by atoms with Gasteiger partial charge in [-0.15, -0.1) is 17.0 Å². The summed E-state index contributed by atoms with van der Waals surface area (Å²) in [5.41, 5.74) is 0. The largest absolute Gasteiger partial charge is 0.457 e. The van der Waals surface area contributed by atoms with Gasteiger partial charge in [0.1, 0.15) is 13.2 Å². The predicted octanol–water partition coefficient (Wildman–Crippen LogP) is 8.33. The van der Waals surface area contributed by atoms with E-state index in [0.717, 1.165) is 17.6 Å². The number of hydrogen-bond acceptors (Lipinski definition) is 4. The molecule has 0 amide bonds. The molecule has 1 aromatic heterocycles. The monoisotopic (exact) mass is 569 g/mol. The lowest BCUT2D eigenvalue weighted by molar-refractivity contribution is -0.893. The molecule has 0 aliphatic carbocycles. The van der Waals surface area contributed by atoms with Crippen molar-refractivity contribution in [1.82, 2.24) is 15.0 Å². The Balaban J connectivity index is 0.0000102. The Kier molecular flexibility index (Phi) is 20.0. The zero-order chi connectivity index (χ0) is 23.7. The summed E-state index contributed by atoms with van der Waals surface area (Å²) in [5.74, 6) is 0.707. The highest BCUT2D eigenvalue weighted by atomic mass is 79.9.